The molecule has 1 aliphatic carbocycles. The number of ketones is 1. The highest BCUT2D eigenvalue weighted by molar-refractivity contribution is 7.99. The molecule has 2 aromatic heterocycles. The molecule has 0 saturated heterocycles. The molecule has 0 fully saturated rings. The number of hydrogen-bond acceptors (Lipinski definition) is 8. The van der Waals surface area contributed by atoms with E-state index in [1.165, 1.54) is 23.1 Å². The summed E-state index contributed by atoms with van der Waals surface area (Å²) in [7, 11) is 0. The molecule has 1 amide bonds. The largest absolute Gasteiger partial charge is 0.508 e. The minimum atomic E-state index is -0.209. The first kappa shape index (κ1) is 21.5. The van der Waals surface area contributed by atoms with Crippen molar-refractivity contribution in [1.82, 2.24) is 19.7 Å². The van der Waals surface area contributed by atoms with E-state index in [9.17, 15) is 14.7 Å². The summed E-state index contributed by atoms with van der Waals surface area (Å²) in [5.74, 6) is 0.845. The van der Waals surface area contributed by atoms with Gasteiger partial charge in [0.25, 0.3) is 0 Å². The van der Waals surface area contributed by atoms with E-state index in [0.717, 1.165) is 16.9 Å². The third-order valence-corrected chi connectivity index (χ3v) is 6.91. The summed E-state index contributed by atoms with van der Waals surface area (Å²) in [5.41, 5.74) is 1.26. The molecular formula is C21H23N5O3S2. The van der Waals surface area contributed by atoms with Crippen molar-refractivity contribution in [1.29, 1.82) is 0 Å². The molecule has 8 nitrogen and oxygen atoms in total. The summed E-state index contributed by atoms with van der Waals surface area (Å²) < 4.78 is 1.92. The number of rotatable bonds is 6. The van der Waals surface area contributed by atoms with Gasteiger partial charge in [-0.05, 0) is 43.0 Å². The number of thiazole rings is 1. The number of aromatic hydroxyl groups is 1. The lowest BCUT2D eigenvalue weighted by Crippen LogP contribution is -2.26. The van der Waals surface area contributed by atoms with E-state index >= 15 is 0 Å². The Balaban J connectivity index is 1.42. The highest BCUT2D eigenvalue weighted by Crippen LogP contribution is 2.38. The Morgan fingerprint density at radius 1 is 1.26 bits per heavy atom. The Hall–Kier alpha value is -2.72. The number of fused-ring (bicyclic) bond motifs is 1. The summed E-state index contributed by atoms with van der Waals surface area (Å²) in [5, 5.41) is 21.9. The van der Waals surface area contributed by atoms with Crippen LogP contribution in [-0.4, -0.2) is 42.3 Å². The molecule has 31 heavy (non-hydrogen) atoms. The fourth-order valence-corrected chi connectivity index (χ4v) is 5.60. The van der Waals surface area contributed by atoms with E-state index in [-0.39, 0.29) is 28.6 Å². The summed E-state index contributed by atoms with van der Waals surface area (Å²) in [4.78, 5) is 30.1. The average molecular weight is 458 g/mol. The molecule has 0 bridgehead atoms. The molecule has 4 rings (SSSR count). The van der Waals surface area contributed by atoms with Crippen LogP contribution >= 0.6 is 23.1 Å². The number of carbonyl (C=O) groups excluding carboxylic acids is 2. The van der Waals surface area contributed by atoms with Crippen molar-refractivity contribution in [3.8, 4) is 17.1 Å². The van der Waals surface area contributed by atoms with Crippen molar-refractivity contribution in [3.05, 3.63) is 34.8 Å². The number of nitrogens with one attached hydrogen (secondary N) is 1. The topological polar surface area (TPSA) is 110 Å². The van der Waals surface area contributed by atoms with Crippen molar-refractivity contribution < 1.29 is 14.7 Å². The van der Waals surface area contributed by atoms with E-state index in [0.29, 0.717) is 34.8 Å². The second-order valence-corrected chi connectivity index (χ2v) is 10.2. The summed E-state index contributed by atoms with van der Waals surface area (Å²) in [6, 6.07) is 6.76. The maximum atomic E-state index is 12.5. The van der Waals surface area contributed by atoms with E-state index in [4.69, 9.17) is 0 Å². The molecule has 0 saturated carbocycles. The number of hydrogen-bond donors (Lipinski definition) is 2. The zero-order valence-corrected chi connectivity index (χ0v) is 19.1. The van der Waals surface area contributed by atoms with Gasteiger partial charge in [-0.15, -0.1) is 21.5 Å². The van der Waals surface area contributed by atoms with Gasteiger partial charge in [-0.2, -0.15) is 0 Å². The first-order valence-corrected chi connectivity index (χ1v) is 11.7. The van der Waals surface area contributed by atoms with Gasteiger partial charge in [0.1, 0.15) is 11.4 Å². The minimum absolute atomic E-state index is 0.0372. The third kappa shape index (κ3) is 4.64. The normalized spacial score (nSPS) is 15.0. The van der Waals surface area contributed by atoms with Crippen LogP contribution in [0.3, 0.4) is 0 Å². The molecule has 10 heteroatoms. The molecule has 1 aliphatic rings. The lowest BCUT2D eigenvalue weighted by molar-refractivity contribution is -0.113. The van der Waals surface area contributed by atoms with Gasteiger partial charge in [-0.1, -0.05) is 25.6 Å². The second kappa shape index (κ2) is 8.43. The second-order valence-electron chi connectivity index (χ2n) is 8.17. The number of Topliss-reactive ketones (excluding diaryl/α,β-unsaturated/α-hetero) is 1. The number of anilines is 1. The van der Waals surface area contributed by atoms with E-state index in [1.54, 1.807) is 24.3 Å². The predicted molar refractivity (Wildman–Crippen MR) is 121 cm³/mol. The van der Waals surface area contributed by atoms with Gasteiger partial charge in [0.15, 0.2) is 21.9 Å². The number of benzene rings is 1. The highest BCUT2D eigenvalue weighted by atomic mass is 32.2. The fourth-order valence-electron chi connectivity index (χ4n) is 3.55. The quantitative estimate of drug-likeness (QED) is 0.538. The van der Waals surface area contributed by atoms with Gasteiger partial charge >= 0.3 is 0 Å². The first-order chi connectivity index (χ1) is 14.8. The predicted octanol–water partition coefficient (Wildman–Crippen LogP) is 4.01. The number of aromatic nitrogens is 4. The van der Waals surface area contributed by atoms with Crippen molar-refractivity contribution in [3.63, 3.8) is 0 Å². The van der Waals surface area contributed by atoms with Crippen LogP contribution in [0, 0.1) is 5.41 Å². The molecule has 162 valence electrons. The number of phenols is 1. The van der Waals surface area contributed by atoms with Crippen molar-refractivity contribution in [2.45, 2.75) is 45.3 Å². The molecule has 2 heterocycles. The number of carbonyl (C=O) groups is 2. The van der Waals surface area contributed by atoms with Crippen molar-refractivity contribution in [2.24, 2.45) is 5.41 Å². The molecule has 3 aromatic rings. The average Bonchev–Trinajstić information content (AvgIpc) is 3.29. The molecule has 0 unspecified atom stereocenters. The molecule has 0 atom stereocenters. The van der Waals surface area contributed by atoms with Gasteiger partial charge in [0.2, 0.25) is 5.91 Å². The molecular weight excluding hydrogens is 434 g/mol. The van der Waals surface area contributed by atoms with Crippen LogP contribution in [0.1, 0.15) is 42.6 Å². The molecule has 0 spiro atoms. The Morgan fingerprint density at radius 3 is 2.71 bits per heavy atom. The Labute approximate surface area is 188 Å². The fraction of sp³-hybridized carbons (Fsp3) is 0.381. The van der Waals surface area contributed by atoms with E-state index < -0.39 is 0 Å². The van der Waals surface area contributed by atoms with Crippen LogP contribution in [0.25, 0.3) is 11.4 Å². The Kier molecular flexibility index (Phi) is 5.85. The molecule has 0 radical (unpaired) electrons. The van der Waals surface area contributed by atoms with Gasteiger partial charge < -0.3 is 15.0 Å². The smallest absolute Gasteiger partial charge is 0.236 e. The molecule has 0 aliphatic heterocycles. The number of thioether (sulfide) groups is 1. The number of phenolic OH excluding ortho intramolecular Hbond substituents is 1. The van der Waals surface area contributed by atoms with Crippen LogP contribution in [0.2, 0.25) is 0 Å². The van der Waals surface area contributed by atoms with E-state index in [1.807, 2.05) is 11.5 Å². The zero-order valence-electron chi connectivity index (χ0n) is 17.5. The lowest BCUT2D eigenvalue weighted by Gasteiger charge is -2.26. The number of nitrogens with zero attached hydrogens (tertiary/aromatic N) is 4. The third-order valence-electron chi connectivity index (χ3n) is 4.98. The monoisotopic (exact) mass is 457 g/mol. The first-order valence-electron chi connectivity index (χ1n) is 9.94. The maximum absolute atomic E-state index is 12.5. The summed E-state index contributed by atoms with van der Waals surface area (Å²) in [6.45, 7) is 6.76. The van der Waals surface area contributed by atoms with Gasteiger partial charge in [-0.25, -0.2) is 4.98 Å². The van der Waals surface area contributed by atoms with Gasteiger partial charge in [-0.3, -0.25) is 9.59 Å². The van der Waals surface area contributed by atoms with Crippen molar-refractivity contribution >= 4 is 39.9 Å². The van der Waals surface area contributed by atoms with Crippen molar-refractivity contribution in [2.75, 3.05) is 11.1 Å². The maximum Gasteiger partial charge on any atom is 0.236 e. The van der Waals surface area contributed by atoms with Crippen LogP contribution in [-0.2, 0) is 17.8 Å². The standard InChI is InChI=1S/C21H23N5O3S2/c1-4-26-18(12-5-7-13(27)8-6-12)24-25-20(26)30-11-16(29)22-19-23-17-14(28)9-21(2,3)10-15(17)31-19/h5-8,27H,4,9-11H2,1-3H3,(H,22,23,29). The summed E-state index contributed by atoms with van der Waals surface area (Å²) in [6.07, 6.45) is 1.26. The summed E-state index contributed by atoms with van der Waals surface area (Å²) >= 11 is 2.67. The Morgan fingerprint density at radius 2 is 2.00 bits per heavy atom. The van der Waals surface area contributed by atoms with Crippen LogP contribution in [0.5, 0.6) is 5.75 Å². The SMILES string of the molecule is CCn1c(SCC(=O)Nc2nc3c(s2)CC(C)(C)CC3=O)nnc1-c1ccc(O)cc1. The van der Waals surface area contributed by atoms with Crippen LogP contribution in [0.15, 0.2) is 29.4 Å². The minimum Gasteiger partial charge on any atom is -0.508 e. The highest BCUT2D eigenvalue weighted by Gasteiger charge is 2.34. The number of amides is 1. The van der Waals surface area contributed by atoms with Gasteiger partial charge in [0, 0.05) is 23.4 Å². The Bertz CT molecular complexity index is 1130. The van der Waals surface area contributed by atoms with Crippen LogP contribution < -0.4 is 5.32 Å². The van der Waals surface area contributed by atoms with Gasteiger partial charge in [0.05, 0.1) is 5.75 Å². The lowest BCUT2D eigenvalue weighted by atomic mass is 9.78. The molecule has 1 aromatic carbocycles. The zero-order chi connectivity index (χ0) is 22.2. The van der Waals surface area contributed by atoms with Crippen LogP contribution in [0.4, 0.5) is 5.13 Å². The van der Waals surface area contributed by atoms with E-state index in [2.05, 4.69) is 34.3 Å². The molecule has 2 N–H and O–H groups in total.